The number of hydrogen-bond acceptors (Lipinski definition) is 4. The van der Waals surface area contributed by atoms with Crippen LogP contribution in [0.15, 0.2) is 24.3 Å². The van der Waals surface area contributed by atoms with Crippen LogP contribution in [-0.2, 0) is 9.59 Å². The number of amides is 1. The molecule has 0 radical (unpaired) electrons. The van der Waals surface area contributed by atoms with Crippen molar-refractivity contribution >= 4 is 11.9 Å². The van der Waals surface area contributed by atoms with Crippen LogP contribution in [0.4, 0.5) is 0 Å². The highest BCUT2D eigenvalue weighted by Crippen LogP contribution is 2.25. The van der Waals surface area contributed by atoms with Gasteiger partial charge in [-0.15, -0.1) is 0 Å². The zero-order valence-corrected chi connectivity index (χ0v) is 15.3. The third kappa shape index (κ3) is 4.95. The van der Waals surface area contributed by atoms with Crippen molar-refractivity contribution in [3.63, 3.8) is 0 Å². The molecule has 6 nitrogen and oxygen atoms in total. The van der Waals surface area contributed by atoms with E-state index in [2.05, 4.69) is 0 Å². The van der Waals surface area contributed by atoms with Crippen LogP contribution in [0.5, 0.6) is 5.75 Å². The van der Waals surface area contributed by atoms with E-state index in [4.69, 9.17) is 9.84 Å². The average Bonchev–Trinajstić information content (AvgIpc) is 2.65. The minimum atomic E-state index is -0.799. The van der Waals surface area contributed by atoms with Crippen molar-refractivity contribution in [1.29, 1.82) is 0 Å². The molecule has 6 heteroatoms. The number of ether oxygens (including phenoxy) is 1. The Labute approximate surface area is 149 Å². The van der Waals surface area contributed by atoms with Gasteiger partial charge in [0.1, 0.15) is 5.75 Å². The van der Waals surface area contributed by atoms with Gasteiger partial charge in [-0.25, -0.2) is 0 Å². The molecule has 1 unspecified atom stereocenters. The van der Waals surface area contributed by atoms with Gasteiger partial charge in [-0.1, -0.05) is 19.1 Å². The van der Waals surface area contributed by atoms with Crippen molar-refractivity contribution in [3.8, 4) is 5.75 Å². The van der Waals surface area contributed by atoms with E-state index in [1.165, 1.54) is 0 Å². The Morgan fingerprint density at radius 1 is 1.36 bits per heavy atom. The number of carbonyl (C=O) groups excluding carboxylic acids is 1. The monoisotopic (exact) mass is 348 g/mol. The Morgan fingerprint density at radius 3 is 2.60 bits per heavy atom. The molecule has 0 saturated carbocycles. The number of hydrogen-bond donors (Lipinski definition) is 1. The van der Waals surface area contributed by atoms with Crippen molar-refractivity contribution in [2.24, 2.45) is 0 Å². The molecule has 1 N–H and O–H groups in total. The molecule has 1 saturated heterocycles. The molecule has 138 valence electrons. The quantitative estimate of drug-likeness (QED) is 0.818. The number of likely N-dealkylation sites (tertiary alicyclic amines) is 1. The summed E-state index contributed by atoms with van der Waals surface area (Å²) in [7, 11) is 1.62. The fraction of sp³-hybridized carbons (Fsp3) is 0.579. The standard InChI is InChI=1S/C19H28N2O4/c1-4-20(13-18(22)23)16-8-10-21(11-9-16)19(24)14(2)15-6-5-7-17(12-15)25-3/h5-7,12,14,16H,4,8-11,13H2,1-3H3,(H,22,23). The number of piperidine rings is 1. The van der Waals surface area contributed by atoms with Gasteiger partial charge in [0.05, 0.1) is 19.6 Å². The Bertz CT molecular complexity index is 597. The molecule has 1 aliphatic heterocycles. The lowest BCUT2D eigenvalue weighted by molar-refractivity contribution is -0.140. The summed E-state index contributed by atoms with van der Waals surface area (Å²) in [6, 6.07) is 7.85. The van der Waals surface area contributed by atoms with Gasteiger partial charge < -0.3 is 14.7 Å². The molecule has 0 spiro atoms. The van der Waals surface area contributed by atoms with Crippen LogP contribution in [0, 0.1) is 0 Å². The first-order valence-corrected chi connectivity index (χ1v) is 8.84. The highest BCUT2D eigenvalue weighted by Gasteiger charge is 2.29. The van der Waals surface area contributed by atoms with Gasteiger partial charge in [0.25, 0.3) is 0 Å². The van der Waals surface area contributed by atoms with E-state index in [0.717, 1.165) is 24.2 Å². The number of benzene rings is 1. The number of nitrogens with zero attached hydrogens (tertiary/aromatic N) is 2. The van der Waals surface area contributed by atoms with E-state index in [0.29, 0.717) is 19.6 Å². The molecule has 1 fully saturated rings. The zero-order chi connectivity index (χ0) is 18.4. The van der Waals surface area contributed by atoms with Gasteiger partial charge in [-0.2, -0.15) is 0 Å². The smallest absolute Gasteiger partial charge is 0.317 e. The van der Waals surface area contributed by atoms with Crippen LogP contribution in [0.1, 0.15) is 38.2 Å². The third-order valence-electron chi connectivity index (χ3n) is 5.00. The zero-order valence-electron chi connectivity index (χ0n) is 15.3. The molecule has 0 aliphatic carbocycles. The summed E-state index contributed by atoms with van der Waals surface area (Å²) in [5, 5.41) is 9.01. The lowest BCUT2D eigenvalue weighted by atomic mass is 9.96. The molecule has 1 aromatic rings. The van der Waals surface area contributed by atoms with Crippen molar-refractivity contribution in [1.82, 2.24) is 9.80 Å². The molecule has 0 aromatic heterocycles. The van der Waals surface area contributed by atoms with Gasteiger partial charge >= 0.3 is 5.97 Å². The summed E-state index contributed by atoms with van der Waals surface area (Å²) in [4.78, 5) is 27.6. The minimum absolute atomic E-state index is 0.0648. The van der Waals surface area contributed by atoms with E-state index in [1.807, 2.05) is 47.9 Å². The van der Waals surface area contributed by atoms with Crippen molar-refractivity contribution in [3.05, 3.63) is 29.8 Å². The van der Waals surface area contributed by atoms with E-state index >= 15 is 0 Å². The lowest BCUT2D eigenvalue weighted by Crippen LogP contribution is -2.48. The van der Waals surface area contributed by atoms with Crippen molar-refractivity contribution in [2.45, 2.75) is 38.6 Å². The second kappa shape index (κ2) is 8.85. The molecule has 25 heavy (non-hydrogen) atoms. The fourth-order valence-electron chi connectivity index (χ4n) is 3.45. The Balaban J connectivity index is 1.95. The lowest BCUT2D eigenvalue weighted by Gasteiger charge is -2.38. The maximum absolute atomic E-state index is 12.8. The first kappa shape index (κ1) is 19.2. The summed E-state index contributed by atoms with van der Waals surface area (Å²) in [6.45, 7) is 6.03. The summed E-state index contributed by atoms with van der Waals surface area (Å²) >= 11 is 0. The van der Waals surface area contributed by atoms with E-state index in [1.54, 1.807) is 7.11 Å². The Hall–Kier alpha value is -2.08. The molecular formula is C19H28N2O4. The van der Waals surface area contributed by atoms with E-state index < -0.39 is 5.97 Å². The number of methoxy groups -OCH3 is 1. The molecule has 1 heterocycles. The number of carbonyl (C=O) groups is 2. The van der Waals surface area contributed by atoms with Crippen LogP contribution in [-0.4, -0.2) is 66.1 Å². The van der Waals surface area contributed by atoms with Crippen LogP contribution in [0.2, 0.25) is 0 Å². The van der Waals surface area contributed by atoms with Crippen LogP contribution in [0.3, 0.4) is 0 Å². The van der Waals surface area contributed by atoms with Crippen molar-refractivity contribution < 1.29 is 19.4 Å². The van der Waals surface area contributed by atoms with Gasteiger partial charge in [0.2, 0.25) is 5.91 Å². The average molecular weight is 348 g/mol. The molecule has 0 bridgehead atoms. The molecular weight excluding hydrogens is 320 g/mol. The van der Waals surface area contributed by atoms with Crippen LogP contribution in [0.25, 0.3) is 0 Å². The number of carboxylic acid groups (broad SMARTS) is 1. The molecule has 1 aromatic carbocycles. The Morgan fingerprint density at radius 2 is 2.04 bits per heavy atom. The summed E-state index contributed by atoms with van der Waals surface area (Å²) in [6.07, 6.45) is 1.63. The number of likely N-dealkylation sites (N-methyl/N-ethyl adjacent to an activating group) is 1. The number of carboxylic acids is 1. The highest BCUT2D eigenvalue weighted by atomic mass is 16.5. The summed E-state index contributed by atoms with van der Waals surface area (Å²) < 4.78 is 5.24. The fourth-order valence-corrected chi connectivity index (χ4v) is 3.45. The highest BCUT2D eigenvalue weighted by molar-refractivity contribution is 5.83. The SMILES string of the molecule is CCN(CC(=O)O)C1CCN(C(=O)C(C)c2cccc(OC)c2)CC1. The molecule has 1 aliphatic rings. The molecule has 1 amide bonds. The third-order valence-corrected chi connectivity index (χ3v) is 5.00. The summed E-state index contributed by atoms with van der Waals surface area (Å²) in [5.41, 5.74) is 0.951. The predicted molar refractivity (Wildman–Crippen MR) is 95.9 cm³/mol. The van der Waals surface area contributed by atoms with Gasteiger partial charge in [-0.05, 0) is 44.0 Å². The largest absolute Gasteiger partial charge is 0.497 e. The Kier molecular flexibility index (Phi) is 6.82. The summed E-state index contributed by atoms with van der Waals surface area (Å²) in [5.74, 6) is -0.143. The van der Waals surface area contributed by atoms with Gasteiger partial charge in [-0.3, -0.25) is 14.5 Å². The first-order valence-electron chi connectivity index (χ1n) is 8.84. The van der Waals surface area contributed by atoms with Crippen LogP contribution < -0.4 is 4.74 Å². The normalized spacial score (nSPS) is 16.7. The van der Waals surface area contributed by atoms with Gasteiger partial charge in [0.15, 0.2) is 0 Å². The van der Waals surface area contributed by atoms with E-state index in [9.17, 15) is 9.59 Å². The van der Waals surface area contributed by atoms with Crippen molar-refractivity contribution in [2.75, 3.05) is 33.3 Å². The minimum Gasteiger partial charge on any atom is -0.497 e. The maximum Gasteiger partial charge on any atom is 0.317 e. The predicted octanol–water partition coefficient (Wildman–Crippen LogP) is 2.20. The maximum atomic E-state index is 12.8. The van der Waals surface area contributed by atoms with E-state index in [-0.39, 0.29) is 24.4 Å². The topological polar surface area (TPSA) is 70.1 Å². The molecule has 2 rings (SSSR count). The molecule has 1 atom stereocenters. The number of aliphatic carboxylic acids is 1. The number of rotatable bonds is 7. The second-order valence-corrected chi connectivity index (χ2v) is 6.51. The van der Waals surface area contributed by atoms with Crippen LogP contribution >= 0.6 is 0 Å². The second-order valence-electron chi connectivity index (χ2n) is 6.51. The first-order chi connectivity index (χ1) is 12.0. The van der Waals surface area contributed by atoms with Gasteiger partial charge in [0, 0.05) is 19.1 Å².